The number of amides is 1. The van der Waals surface area contributed by atoms with Crippen LogP contribution in [0.15, 0.2) is 53.4 Å². The number of aliphatic hydroxyl groups excluding tert-OH is 4. The molecule has 228 valence electrons. The molecule has 1 heterocycles. The van der Waals surface area contributed by atoms with E-state index in [1.165, 1.54) is 24.3 Å². The zero-order chi connectivity index (χ0) is 31.0. The van der Waals surface area contributed by atoms with Crippen molar-refractivity contribution in [2.75, 3.05) is 12.9 Å². The number of nitrogens with one attached hydrogen (secondary N) is 1. The summed E-state index contributed by atoms with van der Waals surface area (Å²) in [4.78, 5) is 30.0. The molecule has 10 nitrogen and oxygen atoms in total. The number of carboxylic acid groups (broad SMARTS) is 1. The molecule has 0 saturated carbocycles. The number of thioether (sulfide) groups is 1. The Morgan fingerprint density at radius 3 is 2.21 bits per heavy atom. The average molecular weight is 626 g/mol. The number of nitrogens with zero attached hydrogens (tertiary/aromatic N) is 2. The number of rotatable bonds is 15. The molecule has 4 atom stereocenters. The Hall–Kier alpha value is -2.29. The van der Waals surface area contributed by atoms with Crippen LogP contribution in [0.25, 0.3) is 11.4 Å². The molecule has 0 aliphatic rings. The monoisotopic (exact) mass is 625 g/mol. The fourth-order valence-electron chi connectivity index (χ4n) is 4.74. The van der Waals surface area contributed by atoms with Crippen LogP contribution in [0.5, 0.6) is 0 Å². The normalized spacial score (nSPS) is 14.1. The van der Waals surface area contributed by atoms with E-state index in [4.69, 9.17) is 0 Å². The number of carboxylic acids is 1. The molecule has 0 bridgehead atoms. The van der Waals surface area contributed by atoms with Gasteiger partial charge in [-0.25, -0.2) is 9.37 Å². The van der Waals surface area contributed by atoms with Gasteiger partial charge in [0, 0.05) is 29.4 Å². The Kier molecular flexibility index (Phi) is 14.8. The number of carbonyl (C=O) groups excluding carboxylic acids is 2. The van der Waals surface area contributed by atoms with Gasteiger partial charge in [-0.3, -0.25) is 4.79 Å². The summed E-state index contributed by atoms with van der Waals surface area (Å²) in [6.07, 6.45) is -2.31. The zero-order valence-electron chi connectivity index (χ0n) is 24.7. The van der Waals surface area contributed by atoms with Gasteiger partial charge in [0.1, 0.15) is 23.4 Å². The largest absolute Gasteiger partial charge is 1.00 e. The molecule has 0 aliphatic heterocycles. The van der Waals surface area contributed by atoms with E-state index in [-0.39, 0.29) is 60.6 Å². The van der Waals surface area contributed by atoms with Gasteiger partial charge in [0.25, 0.3) is 5.91 Å². The first-order valence-electron chi connectivity index (χ1n) is 13.6. The minimum Gasteiger partial charge on any atom is -0.550 e. The van der Waals surface area contributed by atoms with E-state index in [0.717, 1.165) is 4.90 Å². The first-order valence-corrected chi connectivity index (χ1v) is 14.8. The molecule has 0 radical (unpaired) electrons. The number of hydrogen-bond acceptors (Lipinski definition) is 9. The number of hydrogen-bond donors (Lipinski definition) is 5. The molecule has 5 N–H and O–H groups in total. The maximum Gasteiger partial charge on any atom is 1.00 e. The molecule has 1 amide bonds. The van der Waals surface area contributed by atoms with Crippen LogP contribution in [0, 0.1) is 5.82 Å². The number of aromatic nitrogens is 2. The topological polar surface area (TPSA) is 168 Å². The van der Waals surface area contributed by atoms with Crippen LogP contribution >= 0.6 is 11.8 Å². The third-order valence-electron chi connectivity index (χ3n) is 6.86. The van der Waals surface area contributed by atoms with E-state index in [1.807, 2.05) is 32.2 Å². The van der Waals surface area contributed by atoms with Gasteiger partial charge < -0.3 is 40.2 Å². The summed E-state index contributed by atoms with van der Waals surface area (Å²) in [6.45, 7) is 3.31. The second-order valence-corrected chi connectivity index (χ2v) is 11.3. The van der Waals surface area contributed by atoms with E-state index in [0.29, 0.717) is 22.6 Å². The first-order chi connectivity index (χ1) is 19.9. The molecule has 0 spiro atoms. The zero-order valence-corrected chi connectivity index (χ0v) is 27.6. The molecule has 0 saturated heterocycles. The molecule has 0 fully saturated rings. The van der Waals surface area contributed by atoms with E-state index in [2.05, 4.69) is 10.3 Å². The number of carbonyl (C=O) groups is 2. The van der Waals surface area contributed by atoms with Crippen molar-refractivity contribution < 1.29 is 69.1 Å². The van der Waals surface area contributed by atoms with Crippen LogP contribution in [-0.2, 0) is 11.3 Å². The van der Waals surface area contributed by atoms with Crippen molar-refractivity contribution in [3.63, 3.8) is 0 Å². The van der Waals surface area contributed by atoms with Crippen LogP contribution in [0.1, 0.15) is 66.9 Å². The molecule has 1 aromatic heterocycles. The van der Waals surface area contributed by atoms with Gasteiger partial charge in [-0.05, 0) is 67.0 Å². The fraction of sp³-hybridized carbons (Fsp3) is 0.433. The summed E-state index contributed by atoms with van der Waals surface area (Å²) in [6, 6.07) is 11.6. The molecule has 1 unspecified atom stereocenters. The van der Waals surface area contributed by atoms with Crippen molar-refractivity contribution in [2.45, 2.75) is 74.8 Å². The van der Waals surface area contributed by atoms with Crippen molar-refractivity contribution in [1.82, 2.24) is 14.9 Å². The molecule has 3 rings (SSSR count). The van der Waals surface area contributed by atoms with Crippen molar-refractivity contribution >= 4 is 23.6 Å². The number of halogens is 1. The van der Waals surface area contributed by atoms with Crippen molar-refractivity contribution in [2.24, 2.45) is 0 Å². The third kappa shape index (κ3) is 10.1. The van der Waals surface area contributed by atoms with Crippen LogP contribution in [0.3, 0.4) is 0 Å². The first kappa shape index (κ1) is 36.9. The summed E-state index contributed by atoms with van der Waals surface area (Å²) in [5.41, 5.74) is 1.57. The van der Waals surface area contributed by atoms with Gasteiger partial charge in [-0.2, -0.15) is 0 Å². The Balaban J connectivity index is 0.00000645. The number of benzene rings is 2. The third-order valence-corrected chi connectivity index (χ3v) is 7.60. The van der Waals surface area contributed by atoms with Crippen LogP contribution in [0.2, 0.25) is 0 Å². The van der Waals surface area contributed by atoms with Gasteiger partial charge in [0.05, 0.1) is 30.6 Å². The van der Waals surface area contributed by atoms with E-state index in [9.17, 15) is 39.5 Å². The second-order valence-electron chi connectivity index (χ2n) is 10.4. The molecule has 13 heteroatoms. The standard InChI is InChI=1S/C30H38FN3O7S.Na/c1-17(2)27-26(30(41)32-24(16-35)28(40)18-6-10-23(42-3)11-7-18)33-29(19-4-8-20(31)9-5-19)34(27)13-12-21(36)14-22(37)15-25(38)39;/h4-11,17,21-22,24,28,35-37,40H,12-16H2,1-3H3,(H,32,41)(H,38,39);/q;+1/p-1/t21-,22-,24?,28+;/m1./s1. The SMILES string of the molecule is CSc1ccc([C@H](O)C(CO)NC(=O)c2nc(-c3ccc(F)cc3)n(CC[C@@H](O)C[C@@H](O)CC(=O)[O-])c2C(C)C)cc1.[Na+]. The second kappa shape index (κ2) is 17.3. The smallest absolute Gasteiger partial charge is 0.550 e. The fourth-order valence-corrected chi connectivity index (χ4v) is 5.15. The summed E-state index contributed by atoms with van der Waals surface area (Å²) in [5, 5.41) is 54.8. The van der Waals surface area contributed by atoms with Crippen LogP contribution in [0.4, 0.5) is 4.39 Å². The van der Waals surface area contributed by atoms with Crippen molar-refractivity contribution in [3.05, 3.63) is 71.3 Å². The van der Waals surface area contributed by atoms with Gasteiger partial charge >= 0.3 is 29.6 Å². The van der Waals surface area contributed by atoms with E-state index in [1.54, 1.807) is 28.5 Å². The minimum absolute atomic E-state index is 0. The van der Waals surface area contributed by atoms with E-state index < -0.39 is 55.1 Å². The van der Waals surface area contributed by atoms with Gasteiger partial charge in [-0.1, -0.05) is 26.0 Å². The minimum atomic E-state index is -1.43. The van der Waals surface area contributed by atoms with Crippen molar-refractivity contribution in [1.29, 1.82) is 0 Å². The number of aliphatic hydroxyl groups is 4. The molecule has 0 aliphatic carbocycles. The maximum absolute atomic E-state index is 13.7. The van der Waals surface area contributed by atoms with Crippen LogP contribution in [-0.4, -0.2) is 73.0 Å². The Labute approximate surface area is 276 Å². The summed E-state index contributed by atoms with van der Waals surface area (Å²) in [7, 11) is 0. The maximum atomic E-state index is 13.7. The molecular formula is C30H37FN3NaO7S. The molecule has 43 heavy (non-hydrogen) atoms. The van der Waals surface area contributed by atoms with Crippen LogP contribution < -0.4 is 40.0 Å². The number of aliphatic carboxylic acids is 1. The molecule has 2 aromatic carbocycles. The van der Waals surface area contributed by atoms with Gasteiger partial charge in [-0.15, -0.1) is 11.8 Å². The Morgan fingerprint density at radius 1 is 1.05 bits per heavy atom. The average Bonchev–Trinajstić information content (AvgIpc) is 3.34. The Bertz CT molecular complexity index is 1340. The molecular weight excluding hydrogens is 588 g/mol. The summed E-state index contributed by atoms with van der Waals surface area (Å²) >= 11 is 1.54. The number of imidazole rings is 1. The van der Waals surface area contributed by atoms with Crippen molar-refractivity contribution in [3.8, 4) is 11.4 Å². The Morgan fingerprint density at radius 2 is 1.67 bits per heavy atom. The van der Waals surface area contributed by atoms with Gasteiger partial charge in [0.15, 0.2) is 0 Å². The predicted octanol–water partition coefficient (Wildman–Crippen LogP) is -0.995. The van der Waals surface area contributed by atoms with E-state index >= 15 is 0 Å². The summed E-state index contributed by atoms with van der Waals surface area (Å²) < 4.78 is 15.4. The quantitative estimate of drug-likeness (QED) is 0.105. The predicted molar refractivity (Wildman–Crippen MR) is 154 cm³/mol. The van der Waals surface area contributed by atoms with Gasteiger partial charge in [0.2, 0.25) is 0 Å². The summed E-state index contributed by atoms with van der Waals surface area (Å²) in [5.74, 6) is -2.43. The molecule has 3 aromatic rings.